The van der Waals surface area contributed by atoms with Crippen LogP contribution in [0.2, 0.25) is 0 Å². The molecule has 4 aromatic rings. The van der Waals surface area contributed by atoms with Crippen molar-refractivity contribution in [2.45, 2.75) is 19.5 Å². The number of hydrogen-bond donors (Lipinski definition) is 1. The van der Waals surface area contributed by atoms with Gasteiger partial charge in [0.2, 0.25) is 0 Å². The highest BCUT2D eigenvalue weighted by molar-refractivity contribution is 5.99. The predicted octanol–water partition coefficient (Wildman–Crippen LogP) is 3.09. The summed E-state index contributed by atoms with van der Waals surface area (Å²) in [6.45, 7) is 2.64. The van der Waals surface area contributed by atoms with Crippen molar-refractivity contribution >= 4 is 17.4 Å². The van der Waals surface area contributed by atoms with E-state index in [1.807, 2.05) is 41.3 Å². The SMILES string of the molecule is CC(c1ccccc1)N1Cc2cc(-c3cnc4c(N)ncnn34)ccc2C1=O. The Kier molecular flexibility index (Phi) is 3.61. The molecule has 28 heavy (non-hydrogen) atoms. The molecule has 3 heterocycles. The predicted molar refractivity (Wildman–Crippen MR) is 105 cm³/mol. The maximum Gasteiger partial charge on any atom is 0.255 e. The van der Waals surface area contributed by atoms with Gasteiger partial charge in [0.15, 0.2) is 11.5 Å². The number of carbonyl (C=O) groups is 1. The normalized spacial score (nSPS) is 14.5. The Balaban J connectivity index is 1.51. The summed E-state index contributed by atoms with van der Waals surface area (Å²) < 4.78 is 1.67. The molecule has 1 atom stereocenters. The molecule has 7 nitrogen and oxygen atoms in total. The highest BCUT2D eigenvalue weighted by Crippen LogP contribution is 2.33. The zero-order chi connectivity index (χ0) is 19.3. The van der Waals surface area contributed by atoms with E-state index in [-0.39, 0.29) is 11.9 Å². The van der Waals surface area contributed by atoms with E-state index in [0.29, 0.717) is 18.0 Å². The molecule has 0 spiro atoms. The van der Waals surface area contributed by atoms with Crippen molar-refractivity contribution < 1.29 is 4.79 Å². The Morgan fingerprint density at radius 1 is 1.11 bits per heavy atom. The lowest BCUT2D eigenvalue weighted by Gasteiger charge is -2.24. The molecule has 1 aliphatic rings. The lowest BCUT2D eigenvalue weighted by Crippen LogP contribution is -2.27. The number of imidazole rings is 1. The van der Waals surface area contributed by atoms with Crippen LogP contribution in [0.5, 0.6) is 0 Å². The molecule has 138 valence electrons. The first-order valence-electron chi connectivity index (χ1n) is 9.07. The number of benzene rings is 2. The van der Waals surface area contributed by atoms with E-state index in [2.05, 4.69) is 34.1 Å². The molecule has 0 fully saturated rings. The molecule has 0 saturated carbocycles. The van der Waals surface area contributed by atoms with Crippen molar-refractivity contribution in [3.05, 3.63) is 77.7 Å². The van der Waals surface area contributed by atoms with Crippen molar-refractivity contribution in [3.63, 3.8) is 0 Å². The summed E-state index contributed by atoms with van der Waals surface area (Å²) in [5.74, 6) is 0.392. The summed E-state index contributed by atoms with van der Waals surface area (Å²) in [5.41, 5.74) is 11.0. The van der Waals surface area contributed by atoms with Crippen LogP contribution in [0.15, 0.2) is 61.1 Å². The van der Waals surface area contributed by atoms with Crippen LogP contribution in [-0.2, 0) is 6.54 Å². The Bertz CT molecular complexity index is 1200. The lowest BCUT2D eigenvalue weighted by molar-refractivity contribution is 0.0716. The smallest absolute Gasteiger partial charge is 0.255 e. The molecule has 7 heteroatoms. The number of nitrogens with zero attached hydrogens (tertiary/aromatic N) is 5. The van der Waals surface area contributed by atoms with E-state index in [1.165, 1.54) is 6.33 Å². The molecule has 0 saturated heterocycles. The van der Waals surface area contributed by atoms with Crippen molar-refractivity contribution in [3.8, 4) is 11.3 Å². The number of hydrogen-bond acceptors (Lipinski definition) is 5. The summed E-state index contributed by atoms with van der Waals surface area (Å²) in [7, 11) is 0. The fraction of sp³-hybridized carbons (Fsp3) is 0.143. The first kappa shape index (κ1) is 16.4. The quantitative estimate of drug-likeness (QED) is 0.599. The number of amides is 1. The van der Waals surface area contributed by atoms with E-state index in [4.69, 9.17) is 5.73 Å². The third-order valence-electron chi connectivity index (χ3n) is 5.31. The molecular weight excluding hydrogens is 352 g/mol. The number of anilines is 1. The van der Waals surface area contributed by atoms with Crippen LogP contribution < -0.4 is 5.73 Å². The van der Waals surface area contributed by atoms with Gasteiger partial charge in [0.05, 0.1) is 17.9 Å². The van der Waals surface area contributed by atoms with E-state index < -0.39 is 0 Å². The fourth-order valence-electron chi connectivity index (χ4n) is 3.76. The van der Waals surface area contributed by atoms with Crippen LogP contribution in [0, 0.1) is 0 Å². The monoisotopic (exact) mass is 370 g/mol. The highest BCUT2D eigenvalue weighted by Gasteiger charge is 2.31. The number of carbonyl (C=O) groups excluding carboxylic acids is 1. The second kappa shape index (κ2) is 6.16. The van der Waals surface area contributed by atoms with Crippen LogP contribution in [-0.4, -0.2) is 30.4 Å². The minimum atomic E-state index is 0.00730. The molecule has 5 rings (SSSR count). The van der Waals surface area contributed by atoms with Gasteiger partial charge < -0.3 is 10.6 Å². The molecule has 1 unspecified atom stereocenters. The zero-order valence-electron chi connectivity index (χ0n) is 15.3. The first-order valence-corrected chi connectivity index (χ1v) is 9.07. The maximum absolute atomic E-state index is 12.9. The van der Waals surface area contributed by atoms with Crippen LogP contribution in [0.25, 0.3) is 16.9 Å². The molecule has 2 aromatic carbocycles. The molecule has 0 bridgehead atoms. The van der Waals surface area contributed by atoms with Gasteiger partial charge in [0.1, 0.15) is 6.33 Å². The lowest BCUT2D eigenvalue weighted by atomic mass is 10.0. The largest absolute Gasteiger partial charge is 0.381 e. The van der Waals surface area contributed by atoms with Gasteiger partial charge >= 0.3 is 0 Å². The van der Waals surface area contributed by atoms with Crippen molar-refractivity contribution in [2.24, 2.45) is 0 Å². The summed E-state index contributed by atoms with van der Waals surface area (Å²) in [6.07, 6.45) is 3.14. The van der Waals surface area contributed by atoms with Gasteiger partial charge in [0, 0.05) is 17.7 Å². The average Bonchev–Trinajstić information content (AvgIpc) is 3.30. The van der Waals surface area contributed by atoms with E-state index in [9.17, 15) is 4.79 Å². The summed E-state index contributed by atoms with van der Waals surface area (Å²) in [5, 5.41) is 4.26. The van der Waals surface area contributed by atoms with Crippen LogP contribution >= 0.6 is 0 Å². The molecule has 0 radical (unpaired) electrons. The van der Waals surface area contributed by atoms with Gasteiger partial charge in [-0.3, -0.25) is 4.79 Å². The van der Waals surface area contributed by atoms with E-state index >= 15 is 0 Å². The molecule has 0 aliphatic carbocycles. The Morgan fingerprint density at radius 2 is 1.93 bits per heavy atom. The number of nitrogens with two attached hydrogens (primary N) is 1. The topological polar surface area (TPSA) is 89.4 Å². The van der Waals surface area contributed by atoms with Crippen LogP contribution in [0.3, 0.4) is 0 Å². The maximum atomic E-state index is 12.9. The number of rotatable bonds is 3. The second-order valence-corrected chi connectivity index (χ2v) is 6.92. The molecular formula is C21H18N6O. The Labute approximate surface area is 161 Å². The van der Waals surface area contributed by atoms with Gasteiger partial charge in [-0.2, -0.15) is 5.10 Å². The number of fused-ring (bicyclic) bond motifs is 2. The Morgan fingerprint density at radius 3 is 2.75 bits per heavy atom. The van der Waals surface area contributed by atoms with Gasteiger partial charge in [-0.05, 0) is 30.2 Å². The Hall–Kier alpha value is -3.74. The minimum absolute atomic E-state index is 0.00730. The van der Waals surface area contributed by atoms with Gasteiger partial charge in [-0.25, -0.2) is 14.5 Å². The first-order chi connectivity index (χ1) is 13.6. The highest BCUT2D eigenvalue weighted by atomic mass is 16.2. The zero-order valence-corrected chi connectivity index (χ0v) is 15.3. The van der Waals surface area contributed by atoms with Crippen molar-refractivity contribution in [1.29, 1.82) is 0 Å². The van der Waals surface area contributed by atoms with Gasteiger partial charge in [-0.15, -0.1) is 0 Å². The number of aromatic nitrogens is 4. The summed E-state index contributed by atoms with van der Waals surface area (Å²) in [6, 6.07) is 15.9. The van der Waals surface area contributed by atoms with Crippen molar-refractivity contribution in [2.75, 3.05) is 5.73 Å². The van der Waals surface area contributed by atoms with E-state index in [0.717, 1.165) is 27.9 Å². The third kappa shape index (κ3) is 2.44. The van der Waals surface area contributed by atoms with E-state index in [1.54, 1.807) is 10.7 Å². The van der Waals surface area contributed by atoms with Crippen molar-refractivity contribution in [1.82, 2.24) is 24.5 Å². The third-order valence-corrected chi connectivity index (χ3v) is 5.31. The molecule has 1 amide bonds. The molecule has 1 aliphatic heterocycles. The standard InChI is InChI=1S/C21H18N6O/c1-13(14-5-3-2-4-6-14)26-11-16-9-15(7-8-17(16)21(26)28)18-10-23-20-19(22)24-12-25-27(18)20/h2-10,12-13H,11H2,1H3,(H2,22,24,25). The summed E-state index contributed by atoms with van der Waals surface area (Å²) in [4.78, 5) is 23.1. The van der Waals surface area contributed by atoms with Gasteiger partial charge in [-0.1, -0.05) is 36.4 Å². The molecule has 2 aromatic heterocycles. The number of nitrogen functional groups attached to an aromatic ring is 1. The van der Waals surface area contributed by atoms with Gasteiger partial charge in [0.25, 0.3) is 5.91 Å². The second-order valence-electron chi connectivity index (χ2n) is 6.92. The fourth-order valence-corrected chi connectivity index (χ4v) is 3.76. The van der Waals surface area contributed by atoms with Crippen LogP contribution in [0.1, 0.15) is 34.5 Å². The molecule has 2 N–H and O–H groups in total. The summed E-state index contributed by atoms with van der Waals surface area (Å²) >= 11 is 0. The average molecular weight is 370 g/mol. The minimum Gasteiger partial charge on any atom is -0.381 e. The van der Waals surface area contributed by atoms with Crippen LogP contribution in [0.4, 0.5) is 5.82 Å².